The van der Waals surface area contributed by atoms with E-state index in [1.54, 1.807) is 19.1 Å². The molecule has 1 atom stereocenters. The van der Waals surface area contributed by atoms with E-state index < -0.39 is 12.1 Å². The number of amides is 1. The molecule has 0 aromatic heterocycles. The van der Waals surface area contributed by atoms with Gasteiger partial charge in [-0.1, -0.05) is 49.4 Å². The highest BCUT2D eigenvalue weighted by Crippen LogP contribution is 2.08. The Bertz CT molecular complexity index is 665. The summed E-state index contributed by atoms with van der Waals surface area (Å²) >= 11 is 0. The fraction of sp³-hybridized carbons (Fsp3) is 0.300. The second-order valence-corrected chi connectivity index (χ2v) is 5.62. The molecular formula is C20H23NO3. The lowest BCUT2D eigenvalue weighted by Gasteiger charge is -2.13. The summed E-state index contributed by atoms with van der Waals surface area (Å²) in [4.78, 5) is 24.1. The van der Waals surface area contributed by atoms with Crippen molar-refractivity contribution in [2.45, 2.75) is 32.8 Å². The number of carbonyl (C=O) groups is 2. The minimum Gasteiger partial charge on any atom is -0.449 e. The molecular weight excluding hydrogens is 302 g/mol. The number of benzene rings is 2. The third-order valence-electron chi connectivity index (χ3n) is 3.81. The van der Waals surface area contributed by atoms with Gasteiger partial charge in [-0.3, -0.25) is 4.79 Å². The van der Waals surface area contributed by atoms with Crippen LogP contribution in [0.5, 0.6) is 0 Å². The van der Waals surface area contributed by atoms with E-state index in [1.165, 1.54) is 0 Å². The van der Waals surface area contributed by atoms with Gasteiger partial charge in [0.25, 0.3) is 5.91 Å². The Morgan fingerprint density at radius 1 is 1.00 bits per heavy atom. The lowest BCUT2D eigenvalue weighted by molar-refractivity contribution is -0.129. The van der Waals surface area contributed by atoms with Gasteiger partial charge in [0.15, 0.2) is 6.10 Å². The van der Waals surface area contributed by atoms with Gasteiger partial charge in [-0.25, -0.2) is 4.79 Å². The predicted octanol–water partition coefficient (Wildman–Crippen LogP) is 3.15. The van der Waals surface area contributed by atoms with Gasteiger partial charge in [-0.05, 0) is 43.0 Å². The Morgan fingerprint density at radius 3 is 2.29 bits per heavy atom. The summed E-state index contributed by atoms with van der Waals surface area (Å²) in [6.07, 6.45) is 0.834. The number of ether oxygens (including phenoxy) is 1. The van der Waals surface area contributed by atoms with Crippen molar-refractivity contribution in [2.75, 3.05) is 6.54 Å². The van der Waals surface area contributed by atoms with Crippen LogP contribution in [-0.2, 0) is 22.4 Å². The highest BCUT2D eigenvalue weighted by atomic mass is 16.5. The van der Waals surface area contributed by atoms with Gasteiger partial charge >= 0.3 is 5.97 Å². The summed E-state index contributed by atoms with van der Waals surface area (Å²) in [6.45, 7) is 4.14. The number of rotatable bonds is 7. The molecule has 2 rings (SSSR count). The zero-order valence-electron chi connectivity index (χ0n) is 14.1. The van der Waals surface area contributed by atoms with E-state index in [-0.39, 0.29) is 5.91 Å². The first kappa shape index (κ1) is 17.7. The number of aryl methyl sites for hydroxylation is 1. The minimum absolute atomic E-state index is 0.288. The van der Waals surface area contributed by atoms with Gasteiger partial charge in [0.1, 0.15) is 0 Å². The Balaban J connectivity index is 1.78. The van der Waals surface area contributed by atoms with Gasteiger partial charge in [0.05, 0.1) is 5.56 Å². The fourth-order valence-corrected chi connectivity index (χ4v) is 2.28. The maximum absolute atomic E-state index is 12.1. The third-order valence-corrected chi connectivity index (χ3v) is 3.81. The molecule has 4 nitrogen and oxygen atoms in total. The second-order valence-electron chi connectivity index (χ2n) is 5.62. The average molecular weight is 325 g/mol. The van der Waals surface area contributed by atoms with Crippen LogP contribution in [0.1, 0.15) is 35.3 Å². The molecule has 1 unspecified atom stereocenters. The average Bonchev–Trinajstić information content (AvgIpc) is 2.62. The quantitative estimate of drug-likeness (QED) is 0.796. The highest BCUT2D eigenvalue weighted by Gasteiger charge is 2.18. The van der Waals surface area contributed by atoms with Gasteiger partial charge < -0.3 is 10.1 Å². The van der Waals surface area contributed by atoms with E-state index in [0.717, 1.165) is 24.0 Å². The fourth-order valence-electron chi connectivity index (χ4n) is 2.28. The number of hydrogen-bond acceptors (Lipinski definition) is 3. The van der Waals surface area contributed by atoms with Gasteiger partial charge in [0.2, 0.25) is 0 Å². The number of nitrogens with one attached hydrogen (secondary N) is 1. The van der Waals surface area contributed by atoms with Crippen LogP contribution >= 0.6 is 0 Å². The summed E-state index contributed by atoms with van der Waals surface area (Å²) in [5, 5.41) is 2.79. The second kappa shape index (κ2) is 8.87. The van der Waals surface area contributed by atoms with Crippen molar-refractivity contribution in [1.29, 1.82) is 0 Å². The molecule has 0 radical (unpaired) electrons. The Hall–Kier alpha value is -2.62. The molecule has 0 aliphatic rings. The minimum atomic E-state index is -0.820. The Morgan fingerprint density at radius 2 is 1.67 bits per heavy atom. The van der Waals surface area contributed by atoms with Crippen molar-refractivity contribution in [3.63, 3.8) is 0 Å². The normalized spacial score (nSPS) is 11.6. The van der Waals surface area contributed by atoms with Crippen LogP contribution in [0, 0.1) is 0 Å². The molecule has 0 aliphatic carbocycles. The maximum atomic E-state index is 12.1. The van der Waals surface area contributed by atoms with Crippen molar-refractivity contribution in [2.24, 2.45) is 0 Å². The van der Waals surface area contributed by atoms with E-state index in [1.807, 2.05) is 42.5 Å². The number of carbonyl (C=O) groups excluding carboxylic acids is 2. The summed E-state index contributed by atoms with van der Waals surface area (Å²) < 4.78 is 5.22. The summed E-state index contributed by atoms with van der Waals surface area (Å²) in [5.74, 6) is -0.771. The molecule has 0 spiro atoms. The van der Waals surface area contributed by atoms with Gasteiger partial charge in [-0.15, -0.1) is 0 Å². The smallest absolute Gasteiger partial charge is 0.338 e. The Kier molecular flexibility index (Phi) is 6.55. The third kappa shape index (κ3) is 5.23. The van der Waals surface area contributed by atoms with Crippen molar-refractivity contribution in [3.8, 4) is 0 Å². The van der Waals surface area contributed by atoms with Crippen molar-refractivity contribution >= 4 is 11.9 Å². The van der Waals surface area contributed by atoms with Crippen LogP contribution in [-0.4, -0.2) is 24.5 Å². The van der Waals surface area contributed by atoms with Gasteiger partial charge in [0, 0.05) is 6.54 Å². The first-order valence-electron chi connectivity index (χ1n) is 8.21. The summed E-state index contributed by atoms with van der Waals surface area (Å²) in [6, 6.07) is 17.1. The molecule has 4 heteroatoms. The molecule has 1 amide bonds. The monoisotopic (exact) mass is 325 g/mol. The van der Waals surface area contributed by atoms with Crippen LogP contribution in [0.15, 0.2) is 54.6 Å². The lowest BCUT2D eigenvalue weighted by Crippen LogP contribution is -2.36. The van der Waals surface area contributed by atoms with E-state index in [2.05, 4.69) is 12.2 Å². The topological polar surface area (TPSA) is 55.4 Å². The lowest BCUT2D eigenvalue weighted by atomic mass is 10.1. The molecule has 24 heavy (non-hydrogen) atoms. The van der Waals surface area contributed by atoms with E-state index in [0.29, 0.717) is 12.1 Å². The molecule has 0 saturated heterocycles. The highest BCUT2D eigenvalue weighted by molar-refractivity contribution is 5.92. The standard InChI is InChI=1S/C20H23NO3/c1-3-16-9-11-18(12-10-16)20(23)24-15(2)19(22)21-14-13-17-7-5-4-6-8-17/h4-12,15H,3,13-14H2,1-2H3,(H,21,22). The zero-order chi connectivity index (χ0) is 17.4. The SMILES string of the molecule is CCc1ccc(C(=O)OC(C)C(=O)NCCc2ccccc2)cc1. The molecule has 0 saturated carbocycles. The molecule has 1 N–H and O–H groups in total. The largest absolute Gasteiger partial charge is 0.449 e. The molecule has 2 aromatic rings. The molecule has 0 bridgehead atoms. The first-order chi connectivity index (χ1) is 11.6. The Labute approximate surface area is 142 Å². The predicted molar refractivity (Wildman–Crippen MR) is 93.9 cm³/mol. The molecule has 2 aromatic carbocycles. The molecule has 0 fully saturated rings. The van der Waals surface area contributed by atoms with E-state index in [4.69, 9.17) is 4.74 Å². The molecule has 0 heterocycles. The molecule has 126 valence electrons. The summed E-state index contributed by atoms with van der Waals surface area (Å²) in [7, 11) is 0. The van der Waals surface area contributed by atoms with E-state index in [9.17, 15) is 9.59 Å². The van der Waals surface area contributed by atoms with Crippen molar-refractivity contribution in [3.05, 3.63) is 71.3 Å². The maximum Gasteiger partial charge on any atom is 0.338 e. The van der Waals surface area contributed by atoms with E-state index >= 15 is 0 Å². The van der Waals surface area contributed by atoms with Gasteiger partial charge in [-0.2, -0.15) is 0 Å². The molecule has 0 aliphatic heterocycles. The van der Waals surface area contributed by atoms with Crippen LogP contribution in [0.2, 0.25) is 0 Å². The number of hydrogen-bond donors (Lipinski definition) is 1. The van der Waals surface area contributed by atoms with Crippen molar-refractivity contribution in [1.82, 2.24) is 5.32 Å². The van der Waals surface area contributed by atoms with Crippen molar-refractivity contribution < 1.29 is 14.3 Å². The first-order valence-corrected chi connectivity index (χ1v) is 8.21. The summed E-state index contributed by atoms with van der Waals surface area (Å²) in [5.41, 5.74) is 2.76. The zero-order valence-corrected chi connectivity index (χ0v) is 14.1. The van der Waals surface area contributed by atoms with Crippen LogP contribution in [0.25, 0.3) is 0 Å². The van der Waals surface area contributed by atoms with Crippen LogP contribution in [0.4, 0.5) is 0 Å². The number of esters is 1. The van der Waals surface area contributed by atoms with Crippen LogP contribution < -0.4 is 5.32 Å². The van der Waals surface area contributed by atoms with Crippen LogP contribution in [0.3, 0.4) is 0 Å².